The van der Waals surface area contributed by atoms with E-state index in [9.17, 15) is 0 Å². The lowest BCUT2D eigenvalue weighted by atomic mass is 9.91. The van der Waals surface area contributed by atoms with Crippen molar-refractivity contribution in [3.63, 3.8) is 0 Å². The van der Waals surface area contributed by atoms with Gasteiger partial charge in [0, 0.05) is 0 Å². The Morgan fingerprint density at radius 3 is 1.93 bits per heavy atom. The van der Waals surface area contributed by atoms with Crippen LogP contribution in [0.15, 0.2) is 0 Å². The molecular formula is C10H20N2O3. The molecule has 0 aromatic carbocycles. The van der Waals surface area contributed by atoms with Gasteiger partial charge in [-0.1, -0.05) is 0 Å². The maximum Gasteiger partial charge on any atom is 0.0881 e. The predicted octanol–water partition coefficient (Wildman–Crippen LogP) is -0.768. The third kappa shape index (κ3) is 4.58. The van der Waals surface area contributed by atoms with E-state index in [1.807, 2.05) is 13.8 Å². The second kappa shape index (κ2) is 6.03. The van der Waals surface area contributed by atoms with Gasteiger partial charge in [0.1, 0.15) is 0 Å². The SMILES string of the molecule is CC(C)(C#N)CCNC(CO)(CO)CO. The summed E-state index contributed by atoms with van der Waals surface area (Å²) < 4.78 is 0. The maximum absolute atomic E-state index is 9.02. The number of nitriles is 1. The summed E-state index contributed by atoms with van der Waals surface area (Å²) in [4.78, 5) is 0. The fourth-order valence-corrected chi connectivity index (χ4v) is 1.01. The standard InChI is InChI=1S/C10H20N2O3/c1-9(2,5-11)3-4-12-10(6-13,7-14)8-15/h12-15H,3-4,6-8H2,1-2H3. The molecule has 0 fully saturated rings. The van der Waals surface area contributed by atoms with E-state index in [-0.39, 0.29) is 19.8 Å². The molecule has 0 aliphatic carbocycles. The van der Waals surface area contributed by atoms with Crippen LogP contribution in [0.5, 0.6) is 0 Å². The topological polar surface area (TPSA) is 96.5 Å². The molecule has 0 aromatic rings. The van der Waals surface area contributed by atoms with Crippen LogP contribution in [0.1, 0.15) is 20.3 Å². The Morgan fingerprint density at radius 2 is 1.60 bits per heavy atom. The minimum atomic E-state index is -1.05. The monoisotopic (exact) mass is 216 g/mol. The Bertz CT molecular complexity index is 211. The Kier molecular flexibility index (Phi) is 5.76. The van der Waals surface area contributed by atoms with Crippen LogP contribution in [0.4, 0.5) is 0 Å². The molecular weight excluding hydrogens is 196 g/mol. The van der Waals surface area contributed by atoms with Crippen LogP contribution in [0.3, 0.4) is 0 Å². The molecule has 5 heteroatoms. The molecule has 0 saturated heterocycles. The van der Waals surface area contributed by atoms with Gasteiger partial charge in [0.05, 0.1) is 36.8 Å². The van der Waals surface area contributed by atoms with Gasteiger partial charge in [-0.15, -0.1) is 0 Å². The molecule has 0 bridgehead atoms. The van der Waals surface area contributed by atoms with Gasteiger partial charge in [0.2, 0.25) is 0 Å². The van der Waals surface area contributed by atoms with E-state index in [1.54, 1.807) is 0 Å². The summed E-state index contributed by atoms with van der Waals surface area (Å²) in [6.45, 7) is 3.07. The third-order valence-electron chi connectivity index (χ3n) is 2.46. The molecule has 0 spiro atoms. The van der Waals surface area contributed by atoms with E-state index in [4.69, 9.17) is 20.6 Å². The highest BCUT2D eigenvalue weighted by molar-refractivity contribution is 4.93. The number of aliphatic hydroxyl groups is 3. The largest absolute Gasteiger partial charge is 0.394 e. The van der Waals surface area contributed by atoms with Crippen molar-refractivity contribution in [3.05, 3.63) is 0 Å². The lowest BCUT2D eigenvalue weighted by Crippen LogP contribution is -2.55. The maximum atomic E-state index is 9.02. The van der Waals surface area contributed by atoms with Crippen LogP contribution in [0.2, 0.25) is 0 Å². The zero-order valence-electron chi connectivity index (χ0n) is 9.32. The second-order valence-electron chi connectivity index (χ2n) is 4.43. The van der Waals surface area contributed by atoms with Gasteiger partial charge in [0.15, 0.2) is 0 Å². The summed E-state index contributed by atoms with van der Waals surface area (Å²) in [5.74, 6) is 0. The molecule has 0 radical (unpaired) electrons. The first kappa shape index (κ1) is 14.3. The summed E-state index contributed by atoms with van der Waals surface area (Å²) in [5.41, 5.74) is -1.50. The minimum absolute atomic E-state index is 0.340. The van der Waals surface area contributed by atoms with Crippen LogP contribution in [0.25, 0.3) is 0 Å². The minimum Gasteiger partial charge on any atom is -0.394 e. The van der Waals surface area contributed by atoms with Crippen molar-refractivity contribution in [1.82, 2.24) is 5.32 Å². The second-order valence-corrected chi connectivity index (χ2v) is 4.43. The summed E-state index contributed by atoms with van der Waals surface area (Å²) in [6, 6.07) is 2.15. The molecule has 0 heterocycles. The van der Waals surface area contributed by atoms with Crippen molar-refractivity contribution in [2.24, 2.45) is 5.41 Å². The van der Waals surface area contributed by atoms with Crippen LogP contribution < -0.4 is 5.32 Å². The number of aliphatic hydroxyl groups excluding tert-OH is 3. The molecule has 0 amide bonds. The van der Waals surface area contributed by atoms with Gasteiger partial charge in [0.25, 0.3) is 0 Å². The molecule has 0 atom stereocenters. The van der Waals surface area contributed by atoms with Crippen LogP contribution in [-0.4, -0.2) is 47.2 Å². The highest BCUT2D eigenvalue weighted by Crippen LogP contribution is 2.17. The average Bonchev–Trinajstić information content (AvgIpc) is 2.25. The lowest BCUT2D eigenvalue weighted by Gasteiger charge is -2.30. The van der Waals surface area contributed by atoms with Crippen molar-refractivity contribution >= 4 is 0 Å². The number of nitrogens with one attached hydrogen (secondary N) is 1. The van der Waals surface area contributed by atoms with Gasteiger partial charge in [-0.25, -0.2) is 0 Å². The molecule has 5 nitrogen and oxygen atoms in total. The number of hydrogen-bond donors (Lipinski definition) is 4. The van der Waals surface area contributed by atoms with E-state index >= 15 is 0 Å². The van der Waals surface area contributed by atoms with Crippen molar-refractivity contribution in [2.45, 2.75) is 25.8 Å². The molecule has 15 heavy (non-hydrogen) atoms. The van der Waals surface area contributed by atoms with Gasteiger partial charge in [-0.3, -0.25) is 0 Å². The first-order valence-electron chi connectivity index (χ1n) is 4.94. The van der Waals surface area contributed by atoms with Crippen molar-refractivity contribution < 1.29 is 15.3 Å². The first-order chi connectivity index (χ1) is 6.95. The van der Waals surface area contributed by atoms with Crippen LogP contribution in [-0.2, 0) is 0 Å². The van der Waals surface area contributed by atoms with Crippen LogP contribution >= 0.6 is 0 Å². The van der Waals surface area contributed by atoms with Gasteiger partial charge in [-0.2, -0.15) is 5.26 Å². The van der Waals surface area contributed by atoms with E-state index in [2.05, 4.69) is 11.4 Å². The molecule has 0 saturated carbocycles. The van der Waals surface area contributed by atoms with Crippen molar-refractivity contribution in [3.8, 4) is 6.07 Å². The summed E-state index contributed by atoms with van der Waals surface area (Å²) >= 11 is 0. The normalized spacial score (nSPS) is 12.5. The summed E-state index contributed by atoms with van der Waals surface area (Å²) in [7, 11) is 0. The predicted molar refractivity (Wildman–Crippen MR) is 56.0 cm³/mol. The lowest BCUT2D eigenvalue weighted by molar-refractivity contribution is 0.0414. The number of hydrogen-bond acceptors (Lipinski definition) is 5. The average molecular weight is 216 g/mol. The van der Waals surface area contributed by atoms with Crippen molar-refractivity contribution in [1.29, 1.82) is 5.26 Å². The summed E-state index contributed by atoms with van der Waals surface area (Å²) in [6.07, 6.45) is 0.589. The number of rotatable bonds is 7. The van der Waals surface area contributed by atoms with E-state index in [0.717, 1.165) is 0 Å². The smallest absolute Gasteiger partial charge is 0.0881 e. The highest BCUT2D eigenvalue weighted by Gasteiger charge is 2.28. The Balaban J connectivity index is 4.09. The van der Waals surface area contributed by atoms with E-state index in [0.29, 0.717) is 13.0 Å². The van der Waals surface area contributed by atoms with E-state index < -0.39 is 11.0 Å². The molecule has 0 aliphatic heterocycles. The molecule has 0 rings (SSSR count). The highest BCUT2D eigenvalue weighted by atomic mass is 16.3. The van der Waals surface area contributed by atoms with Gasteiger partial charge < -0.3 is 20.6 Å². The molecule has 4 N–H and O–H groups in total. The van der Waals surface area contributed by atoms with Gasteiger partial charge >= 0.3 is 0 Å². The molecule has 0 unspecified atom stereocenters. The quantitative estimate of drug-likeness (QED) is 0.448. The van der Waals surface area contributed by atoms with Crippen molar-refractivity contribution in [2.75, 3.05) is 26.4 Å². The molecule has 0 aliphatic rings. The number of nitrogens with zero attached hydrogens (tertiary/aromatic N) is 1. The van der Waals surface area contributed by atoms with Crippen LogP contribution in [0, 0.1) is 16.7 Å². The van der Waals surface area contributed by atoms with Gasteiger partial charge in [-0.05, 0) is 26.8 Å². The Hall–Kier alpha value is -0.670. The fourth-order valence-electron chi connectivity index (χ4n) is 1.01. The molecule has 88 valence electrons. The molecule has 0 aromatic heterocycles. The Labute approximate surface area is 90.3 Å². The van der Waals surface area contributed by atoms with E-state index in [1.165, 1.54) is 0 Å². The zero-order chi connectivity index (χ0) is 11.9. The summed E-state index contributed by atoms with van der Waals surface area (Å²) in [5, 5.41) is 38.7. The fraction of sp³-hybridized carbons (Fsp3) is 0.900. The zero-order valence-corrected chi connectivity index (χ0v) is 9.32. The third-order valence-corrected chi connectivity index (χ3v) is 2.46. The Morgan fingerprint density at radius 1 is 1.13 bits per heavy atom. The first-order valence-corrected chi connectivity index (χ1v) is 4.94.